The smallest absolute Gasteiger partial charge is 0.276 e. The van der Waals surface area contributed by atoms with Gasteiger partial charge >= 0.3 is 0 Å². The molecule has 3 rings (SSSR count). The first-order valence-corrected chi connectivity index (χ1v) is 9.13. The van der Waals surface area contributed by atoms with E-state index >= 15 is 0 Å². The molecule has 0 aliphatic carbocycles. The monoisotopic (exact) mass is 430 g/mol. The maximum atomic E-state index is 12.9. The molecule has 0 radical (unpaired) electrons. The quantitative estimate of drug-likeness (QED) is 0.649. The second-order valence-electron chi connectivity index (χ2n) is 5.88. The highest BCUT2D eigenvalue weighted by Gasteiger charge is 2.22. The highest BCUT2D eigenvalue weighted by molar-refractivity contribution is 9.10. The molecule has 2 amide bonds. The van der Waals surface area contributed by atoms with Crippen LogP contribution in [0.3, 0.4) is 0 Å². The van der Waals surface area contributed by atoms with Crippen LogP contribution < -0.4 is 10.6 Å². The van der Waals surface area contributed by atoms with Crippen LogP contribution in [-0.4, -0.2) is 31.4 Å². The summed E-state index contributed by atoms with van der Waals surface area (Å²) < 4.78 is 3.88. The Hall–Kier alpha value is -2.94. The van der Waals surface area contributed by atoms with Crippen LogP contribution in [0.25, 0.3) is 0 Å². The molecule has 0 saturated heterocycles. The molecule has 3 aromatic rings. The fourth-order valence-electron chi connectivity index (χ4n) is 2.59. The molecule has 0 aliphatic heterocycles. The third-order valence-electron chi connectivity index (χ3n) is 4.20. The minimum absolute atomic E-state index is 0.279. The van der Waals surface area contributed by atoms with Gasteiger partial charge in [0.15, 0.2) is 0 Å². The first-order chi connectivity index (χ1) is 12.9. The van der Waals surface area contributed by atoms with Gasteiger partial charge in [0, 0.05) is 18.1 Å². The molecule has 0 aliphatic rings. The van der Waals surface area contributed by atoms with E-state index in [1.807, 2.05) is 19.9 Å². The van der Waals surface area contributed by atoms with Crippen LogP contribution in [0.2, 0.25) is 0 Å². The zero-order valence-electron chi connectivity index (χ0n) is 15.2. The Balaban J connectivity index is 1.88. The normalized spacial score (nSPS) is 10.7. The van der Waals surface area contributed by atoms with Crippen molar-refractivity contribution in [3.63, 3.8) is 0 Å². The fraction of sp³-hybridized carbons (Fsp3) is 0.222. The van der Waals surface area contributed by atoms with E-state index in [0.29, 0.717) is 28.0 Å². The van der Waals surface area contributed by atoms with Crippen LogP contribution in [-0.2, 0) is 13.6 Å². The molecule has 8 nitrogen and oxygen atoms in total. The number of anilines is 2. The molecule has 2 aromatic heterocycles. The molecule has 0 unspecified atom stereocenters. The van der Waals surface area contributed by atoms with Crippen LogP contribution >= 0.6 is 15.9 Å². The molecule has 2 heterocycles. The van der Waals surface area contributed by atoms with E-state index in [9.17, 15) is 9.59 Å². The summed E-state index contributed by atoms with van der Waals surface area (Å²) in [4.78, 5) is 25.5. The highest BCUT2D eigenvalue weighted by atomic mass is 79.9. The summed E-state index contributed by atoms with van der Waals surface area (Å²) in [5.41, 5.74) is 2.52. The van der Waals surface area contributed by atoms with E-state index in [1.54, 1.807) is 36.1 Å². The van der Waals surface area contributed by atoms with Crippen molar-refractivity contribution < 1.29 is 9.59 Å². The molecule has 0 atom stereocenters. The van der Waals surface area contributed by atoms with Crippen molar-refractivity contribution in [1.29, 1.82) is 0 Å². The number of aromatic nitrogens is 4. The SMILES string of the molecule is CCn1ncc(NC(=O)c2ccccc2Br)c1C(=O)Nc1cnn(C)c1C. The first-order valence-electron chi connectivity index (χ1n) is 8.34. The molecular formula is C18H19BrN6O2. The van der Waals surface area contributed by atoms with Gasteiger partial charge in [0.05, 0.1) is 35.0 Å². The summed E-state index contributed by atoms with van der Waals surface area (Å²) in [5, 5.41) is 13.9. The van der Waals surface area contributed by atoms with Gasteiger partial charge in [-0.25, -0.2) is 0 Å². The Morgan fingerprint density at radius 3 is 2.37 bits per heavy atom. The Kier molecular flexibility index (Phi) is 5.41. The maximum Gasteiger partial charge on any atom is 0.276 e. The number of hydrogen-bond acceptors (Lipinski definition) is 4. The van der Waals surface area contributed by atoms with Gasteiger partial charge in [-0.05, 0) is 41.9 Å². The molecule has 0 saturated carbocycles. The van der Waals surface area contributed by atoms with Gasteiger partial charge in [-0.1, -0.05) is 12.1 Å². The highest BCUT2D eigenvalue weighted by Crippen LogP contribution is 2.22. The topological polar surface area (TPSA) is 93.8 Å². The lowest BCUT2D eigenvalue weighted by Gasteiger charge is -2.10. The van der Waals surface area contributed by atoms with E-state index in [2.05, 4.69) is 36.8 Å². The second-order valence-corrected chi connectivity index (χ2v) is 6.73. The summed E-state index contributed by atoms with van der Waals surface area (Å²) in [6.07, 6.45) is 3.06. The molecule has 1 aromatic carbocycles. The third kappa shape index (κ3) is 3.77. The number of hydrogen-bond donors (Lipinski definition) is 2. The van der Waals surface area contributed by atoms with Crippen LogP contribution in [0.4, 0.5) is 11.4 Å². The number of carbonyl (C=O) groups is 2. The number of rotatable bonds is 5. The summed E-state index contributed by atoms with van der Waals surface area (Å²) >= 11 is 3.36. The molecule has 0 fully saturated rings. The Morgan fingerprint density at radius 1 is 1.07 bits per heavy atom. The van der Waals surface area contributed by atoms with Crippen molar-refractivity contribution in [3.05, 3.63) is 58.1 Å². The van der Waals surface area contributed by atoms with Gasteiger partial charge in [0.25, 0.3) is 11.8 Å². The summed E-state index contributed by atoms with van der Waals surface area (Å²) in [5.74, 6) is -0.697. The standard InChI is InChI=1S/C18H19BrN6O2/c1-4-25-16(18(27)22-14-9-20-24(3)11(14)2)15(10-21-25)23-17(26)12-7-5-6-8-13(12)19/h5-10H,4H2,1-3H3,(H,22,27)(H,23,26). The number of benzene rings is 1. The van der Waals surface area contributed by atoms with E-state index in [-0.39, 0.29) is 17.5 Å². The van der Waals surface area contributed by atoms with E-state index < -0.39 is 0 Å². The predicted molar refractivity (Wildman–Crippen MR) is 106 cm³/mol. The number of aryl methyl sites for hydroxylation is 2. The Morgan fingerprint density at radius 2 is 1.74 bits per heavy atom. The molecule has 2 N–H and O–H groups in total. The number of amides is 2. The maximum absolute atomic E-state index is 12.9. The predicted octanol–water partition coefficient (Wildman–Crippen LogP) is 3.21. The Bertz CT molecular complexity index is 1010. The number of carbonyl (C=O) groups excluding carboxylic acids is 2. The fourth-order valence-corrected chi connectivity index (χ4v) is 3.06. The molecular weight excluding hydrogens is 412 g/mol. The van der Waals surface area contributed by atoms with Gasteiger partial charge in [-0.2, -0.15) is 10.2 Å². The third-order valence-corrected chi connectivity index (χ3v) is 4.90. The number of nitrogens with zero attached hydrogens (tertiary/aromatic N) is 4. The molecule has 9 heteroatoms. The average Bonchev–Trinajstić information content (AvgIpc) is 3.20. The van der Waals surface area contributed by atoms with Crippen molar-refractivity contribution >= 4 is 39.1 Å². The van der Waals surface area contributed by atoms with Crippen LogP contribution in [0.5, 0.6) is 0 Å². The zero-order chi connectivity index (χ0) is 19.6. The number of halogens is 1. The lowest BCUT2D eigenvalue weighted by molar-refractivity contribution is 0.101. The van der Waals surface area contributed by atoms with Gasteiger partial charge < -0.3 is 10.6 Å². The molecule has 140 valence electrons. The first kappa shape index (κ1) is 18.8. The van der Waals surface area contributed by atoms with Crippen molar-refractivity contribution in [3.8, 4) is 0 Å². The second kappa shape index (κ2) is 7.75. The van der Waals surface area contributed by atoms with Crippen LogP contribution in [0.15, 0.2) is 41.1 Å². The Labute approximate surface area is 164 Å². The van der Waals surface area contributed by atoms with Crippen molar-refractivity contribution in [2.75, 3.05) is 10.6 Å². The average molecular weight is 431 g/mol. The largest absolute Gasteiger partial charge is 0.319 e. The summed E-state index contributed by atoms with van der Waals surface area (Å²) in [6, 6.07) is 7.07. The van der Waals surface area contributed by atoms with Crippen molar-refractivity contribution in [2.45, 2.75) is 20.4 Å². The molecule has 27 heavy (non-hydrogen) atoms. The van der Waals surface area contributed by atoms with Crippen molar-refractivity contribution in [2.24, 2.45) is 7.05 Å². The van der Waals surface area contributed by atoms with Gasteiger partial charge in [-0.3, -0.25) is 19.0 Å². The summed E-state index contributed by atoms with van der Waals surface area (Å²) in [6.45, 7) is 4.22. The zero-order valence-corrected chi connectivity index (χ0v) is 16.7. The van der Waals surface area contributed by atoms with E-state index in [0.717, 1.165) is 5.69 Å². The lowest BCUT2D eigenvalue weighted by Crippen LogP contribution is -2.21. The number of nitrogens with one attached hydrogen (secondary N) is 2. The van der Waals surface area contributed by atoms with Crippen molar-refractivity contribution in [1.82, 2.24) is 19.6 Å². The van der Waals surface area contributed by atoms with E-state index in [4.69, 9.17) is 0 Å². The van der Waals surface area contributed by atoms with E-state index in [1.165, 1.54) is 10.9 Å². The van der Waals surface area contributed by atoms with Gasteiger partial charge in [-0.15, -0.1) is 0 Å². The lowest BCUT2D eigenvalue weighted by atomic mass is 10.2. The molecule has 0 bridgehead atoms. The summed E-state index contributed by atoms with van der Waals surface area (Å²) in [7, 11) is 1.80. The molecule has 0 spiro atoms. The van der Waals surface area contributed by atoms with Gasteiger partial charge in [0.2, 0.25) is 0 Å². The van der Waals surface area contributed by atoms with Crippen LogP contribution in [0.1, 0.15) is 33.5 Å². The van der Waals surface area contributed by atoms with Gasteiger partial charge in [0.1, 0.15) is 5.69 Å². The van der Waals surface area contributed by atoms with Crippen LogP contribution in [0, 0.1) is 6.92 Å². The minimum Gasteiger partial charge on any atom is -0.319 e. The minimum atomic E-state index is -0.368.